The lowest BCUT2D eigenvalue weighted by Crippen LogP contribution is -2.41. The van der Waals surface area contributed by atoms with Crippen molar-refractivity contribution in [2.75, 3.05) is 6.61 Å². The molecule has 0 atom stereocenters. The quantitative estimate of drug-likeness (QED) is 0.780. The van der Waals surface area contributed by atoms with E-state index in [4.69, 9.17) is 14.0 Å². The van der Waals surface area contributed by atoms with Gasteiger partial charge in [-0.2, -0.15) is 0 Å². The Morgan fingerprint density at radius 1 is 1.21 bits per heavy atom. The van der Waals surface area contributed by atoms with Crippen LogP contribution >= 0.6 is 0 Å². The van der Waals surface area contributed by atoms with E-state index in [1.807, 2.05) is 39.8 Å². The van der Waals surface area contributed by atoms with E-state index in [0.29, 0.717) is 12.5 Å². The van der Waals surface area contributed by atoms with E-state index in [9.17, 15) is 0 Å². The Labute approximate surface area is 115 Å². The lowest BCUT2D eigenvalue weighted by Gasteiger charge is -2.32. The Kier molecular flexibility index (Phi) is 3.88. The maximum Gasteiger partial charge on any atom is 0.495 e. The number of nitrogens with zero attached hydrogens (tertiary/aromatic N) is 1. The predicted molar refractivity (Wildman–Crippen MR) is 75.7 cm³/mol. The molecule has 0 bridgehead atoms. The van der Waals surface area contributed by atoms with Gasteiger partial charge in [0.15, 0.2) is 0 Å². The minimum Gasteiger partial charge on any atom is -0.478 e. The first-order valence-corrected chi connectivity index (χ1v) is 6.80. The van der Waals surface area contributed by atoms with Crippen LogP contribution in [-0.4, -0.2) is 29.9 Å². The topological polar surface area (TPSA) is 40.6 Å². The van der Waals surface area contributed by atoms with Crippen LogP contribution in [0.5, 0.6) is 5.88 Å². The van der Waals surface area contributed by atoms with Crippen LogP contribution in [0.2, 0.25) is 0 Å². The predicted octanol–water partition coefficient (Wildman–Crippen LogP) is 2.17. The van der Waals surface area contributed by atoms with Crippen LogP contribution in [0.25, 0.3) is 0 Å². The number of ether oxygens (including phenoxy) is 1. The van der Waals surface area contributed by atoms with E-state index in [0.717, 1.165) is 11.9 Å². The second kappa shape index (κ2) is 5.14. The SMILES string of the molecule is CCCOc1cc(B2OC(C)(C)C(C)(C)O2)ccn1. The lowest BCUT2D eigenvalue weighted by molar-refractivity contribution is 0.00578. The van der Waals surface area contributed by atoms with Crippen LogP contribution in [0, 0.1) is 0 Å². The van der Waals surface area contributed by atoms with Crippen LogP contribution in [-0.2, 0) is 9.31 Å². The van der Waals surface area contributed by atoms with E-state index in [1.54, 1.807) is 6.20 Å². The molecule has 1 aliphatic heterocycles. The van der Waals surface area contributed by atoms with Crippen molar-refractivity contribution in [1.82, 2.24) is 4.98 Å². The molecule has 2 rings (SSSR count). The van der Waals surface area contributed by atoms with Gasteiger partial charge in [-0.1, -0.05) is 6.92 Å². The first-order valence-electron chi connectivity index (χ1n) is 6.80. The second-order valence-corrected chi connectivity index (χ2v) is 5.86. The van der Waals surface area contributed by atoms with E-state index in [1.165, 1.54) is 0 Å². The number of rotatable bonds is 4. The molecule has 0 spiro atoms. The Balaban J connectivity index is 2.15. The normalized spacial score (nSPS) is 20.6. The van der Waals surface area contributed by atoms with E-state index >= 15 is 0 Å². The first kappa shape index (κ1) is 14.3. The Morgan fingerprint density at radius 2 is 1.84 bits per heavy atom. The highest BCUT2D eigenvalue weighted by Gasteiger charge is 2.51. The summed E-state index contributed by atoms with van der Waals surface area (Å²) < 4.78 is 17.5. The van der Waals surface area contributed by atoms with Crippen molar-refractivity contribution in [2.45, 2.75) is 52.2 Å². The molecular formula is C14H22BNO3. The Hall–Kier alpha value is -1.07. The number of aromatic nitrogens is 1. The fourth-order valence-electron chi connectivity index (χ4n) is 1.84. The van der Waals surface area contributed by atoms with Crippen LogP contribution < -0.4 is 10.2 Å². The molecule has 1 saturated heterocycles. The van der Waals surface area contributed by atoms with Crippen LogP contribution in [0.1, 0.15) is 41.0 Å². The van der Waals surface area contributed by atoms with Crippen molar-refractivity contribution < 1.29 is 14.0 Å². The number of pyridine rings is 1. The van der Waals surface area contributed by atoms with Crippen molar-refractivity contribution in [3.8, 4) is 5.88 Å². The smallest absolute Gasteiger partial charge is 0.478 e. The van der Waals surface area contributed by atoms with Gasteiger partial charge in [0.1, 0.15) is 0 Å². The lowest BCUT2D eigenvalue weighted by atomic mass is 9.80. The second-order valence-electron chi connectivity index (χ2n) is 5.86. The molecule has 1 aromatic heterocycles. The van der Waals surface area contributed by atoms with Gasteiger partial charge in [-0.15, -0.1) is 0 Å². The van der Waals surface area contributed by atoms with Gasteiger partial charge in [0.05, 0.1) is 17.8 Å². The molecule has 104 valence electrons. The van der Waals surface area contributed by atoms with Crippen molar-refractivity contribution in [3.05, 3.63) is 18.3 Å². The van der Waals surface area contributed by atoms with E-state index in [-0.39, 0.29) is 18.3 Å². The van der Waals surface area contributed by atoms with Gasteiger partial charge in [-0.25, -0.2) is 4.98 Å². The van der Waals surface area contributed by atoms with Gasteiger partial charge in [0.2, 0.25) is 5.88 Å². The van der Waals surface area contributed by atoms with E-state index < -0.39 is 0 Å². The molecular weight excluding hydrogens is 241 g/mol. The molecule has 1 aliphatic rings. The van der Waals surface area contributed by atoms with Crippen LogP contribution in [0.4, 0.5) is 0 Å². The van der Waals surface area contributed by atoms with Crippen molar-refractivity contribution >= 4 is 12.6 Å². The highest BCUT2D eigenvalue weighted by Crippen LogP contribution is 2.36. The molecule has 4 nitrogen and oxygen atoms in total. The highest BCUT2D eigenvalue weighted by atomic mass is 16.7. The fourth-order valence-corrected chi connectivity index (χ4v) is 1.84. The monoisotopic (exact) mass is 263 g/mol. The summed E-state index contributed by atoms with van der Waals surface area (Å²) in [7, 11) is -0.364. The molecule has 0 unspecified atom stereocenters. The molecule has 0 aliphatic carbocycles. The minimum absolute atomic E-state index is 0.328. The molecule has 0 radical (unpaired) electrons. The third kappa shape index (κ3) is 2.93. The number of hydrogen-bond acceptors (Lipinski definition) is 4. The molecule has 0 amide bonds. The Bertz CT molecular complexity index is 432. The van der Waals surface area contributed by atoms with Crippen molar-refractivity contribution in [1.29, 1.82) is 0 Å². The maximum absolute atomic E-state index is 6.00. The molecule has 2 heterocycles. The molecule has 1 aromatic rings. The van der Waals surface area contributed by atoms with Crippen LogP contribution in [0.3, 0.4) is 0 Å². The zero-order chi connectivity index (χ0) is 14.1. The van der Waals surface area contributed by atoms with Gasteiger partial charge in [0.25, 0.3) is 0 Å². The summed E-state index contributed by atoms with van der Waals surface area (Å²) in [4.78, 5) is 4.19. The zero-order valence-electron chi connectivity index (χ0n) is 12.4. The van der Waals surface area contributed by atoms with Crippen molar-refractivity contribution in [3.63, 3.8) is 0 Å². The molecule has 0 aromatic carbocycles. The summed E-state index contributed by atoms with van der Waals surface area (Å²) in [6, 6.07) is 3.79. The van der Waals surface area contributed by atoms with Crippen LogP contribution in [0.15, 0.2) is 18.3 Å². The summed E-state index contributed by atoms with van der Waals surface area (Å²) in [6.45, 7) is 10.9. The third-order valence-electron chi connectivity index (χ3n) is 3.74. The van der Waals surface area contributed by atoms with Gasteiger partial charge in [-0.05, 0) is 45.6 Å². The van der Waals surface area contributed by atoms with Gasteiger partial charge >= 0.3 is 7.12 Å². The van der Waals surface area contributed by atoms with Crippen molar-refractivity contribution in [2.24, 2.45) is 0 Å². The average molecular weight is 263 g/mol. The Morgan fingerprint density at radius 3 is 2.42 bits per heavy atom. The molecule has 0 saturated carbocycles. The van der Waals surface area contributed by atoms with Gasteiger partial charge in [0, 0.05) is 12.3 Å². The van der Waals surface area contributed by atoms with E-state index in [2.05, 4.69) is 11.9 Å². The largest absolute Gasteiger partial charge is 0.495 e. The number of hydrogen-bond donors (Lipinski definition) is 0. The summed E-state index contributed by atoms with van der Waals surface area (Å²) in [5.74, 6) is 0.620. The maximum atomic E-state index is 6.00. The average Bonchev–Trinajstić information content (AvgIpc) is 2.56. The molecule has 5 heteroatoms. The zero-order valence-corrected chi connectivity index (χ0v) is 12.4. The third-order valence-corrected chi connectivity index (χ3v) is 3.74. The highest BCUT2D eigenvalue weighted by molar-refractivity contribution is 6.62. The fraction of sp³-hybridized carbons (Fsp3) is 0.643. The summed E-state index contributed by atoms with van der Waals surface area (Å²) in [5, 5.41) is 0. The van der Waals surface area contributed by atoms with Gasteiger partial charge < -0.3 is 14.0 Å². The molecule has 19 heavy (non-hydrogen) atoms. The molecule has 1 fully saturated rings. The molecule has 0 N–H and O–H groups in total. The van der Waals surface area contributed by atoms with Gasteiger partial charge in [-0.3, -0.25) is 0 Å². The first-order chi connectivity index (χ1) is 8.86. The summed E-state index contributed by atoms with van der Waals surface area (Å²) >= 11 is 0. The summed E-state index contributed by atoms with van der Waals surface area (Å²) in [6.07, 6.45) is 2.69. The summed E-state index contributed by atoms with van der Waals surface area (Å²) in [5.41, 5.74) is 0.288. The minimum atomic E-state index is -0.364. The standard InChI is InChI=1S/C14H22BNO3/c1-6-9-17-12-10-11(7-8-16-12)15-18-13(2,3)14(4,5)19-15/h7-8,10H,6,9H2,1-5H3.